The van der Waals surface area contributed by atoms with Crippen LogP contribution in [0, 0.1) is 23.6 Å². The minimum atomic E-state index is -0.332. The second-order valence-corrected chi connectivity index (χ2v) is 16.2. The van der Waals surface area contributed by atoms with Crippen LogP contribution in [0.25, 0.3) is 44.4 Å². The summed E-state index contributed by atoms with van der Waals surface area (Å²) >= 11 is 0. The number of pyridine rings is 1. The zero-order chi connectivity index (χ0) is 35.9. The van der Waals surface area contributed by atoms with E-state index >= 15 is 0 Å². The number of rotatable bonds is 9. The molecule has 0 spiro atoms. The van der Waals surface area contributed by atoms with Crippen molar-refractivity contribution in [1.82, 2.24) is 19.3 Å². The predicted molar refractivity (Wildman–Crippen MR) is 208 cm³/mol. The zero-order valence-corrected chi connectivity index (χ0v) is 30.8. The number of fused-ring (bicyclic) bond motifs is 3. The van der Waals surface area contributed by atoms with E-state index in [0.29, 0.717) is 17.3 Å². The van der Waals surface area contributed by atoms with Gasteiger partial charge in [-0.2, -0.15) is 5.10 Å². The van der Waals surface area contributed by atoms with E-state index in [2.05, 4.69) is 90.0 Å². The van der Waals surface area contributed by atoms with Crippen molar-refractivity contribution >= 4 is 21.8 Å². The minimum absolute atomic E-state index is 0.245. The average Bonchev–Trinajstić information content (AvgIpc) is 3.69. The summed E-state index contributed by atoms with van der Waals surface area (Å²) in [4.78, 5) is 4.49. The van der Waals surface area contributed by atoms with Gasteiger partial charge in [0.1, 0.15) is 23.1 Å². The van der Waals surface area contributed by atoms with Crippen LogP contribution in [-0.2, 0) is 12.8 Å². The van der Waals surface area contributed by atoms with Gasteiger partial charge in [-0.1, -0.05) is 83.5 Å². The lowest BCUT2D eigenvalue weighted by Crippen LogP contribution is -2.10. The van der Waals surface area contributed by atoms with Gasteiger partial charge in [-0.15, -0.1) is 0 Å². The monoisotopic (exact) mass is 678 g/mol. The van der Waals surface area contributed by atoms with E-state index in [0.717, 1.165) is 58.7 Å². The molecule has 5 nitrogen and oxygen atoms in total. The molecule has 0 saturated heterocycles. The summed E-state index contributed by atoms with van der Waals surface area (Å²) in [5.41, 5.74) is 9.81. The van der Waals surface area contributed by atoms with E-state index < -0.39 is 0 Å². The maximum atomic E-state index is 14.3. The fraction of sp³-hybridized carbons (Fsp3) is 0.289. The van der Waals surface area contributed by atoms with Crippen LogP contribution < -0.4 is 4.74 Å². The molecule has 0 amide bonds. The van der Waals surface area contributed by atoms with Gasteiger partial charge >= 0.3 is 0 Å². The normalized spacial score (nSPS) is 12.2. The molecule has 3 heterocycles. The molecule has 51 heavy (non-hydrogen) atoms. The van der Waals surface area contributed by atoms with Crippen molar-refractivity contribution in [2.45, 2.75) is 74.1 Å². The summed E-state index contributed by atoms with van der Waals surface area (Å²) in [7, 11) is 0. The minimum Gasteiger partial charge on any atom is -0.457 e. The first-order valence-corrected chi connectivity index (χ1v) is 17.9. The van der Waals surface area contributed by atoms with Crippen LogP contribution in [0.5, 0.6) is 11.5 Å². The van der Waals surface area contributed by atoms with Crippen molar-refractivity contribution in [1.29, 1.82) is 0 Å². The molecule has 0 radical (unpaired) electrons. The molecule has 0 N–H and O–H groups in total. The summed E-state index contributed by atoms with van der Waals surface area (Å²) in [5, 5.41) is 6.98. The highest BCUT2D eigenvalue weighted by Crippen LogP contribution is 2.37. The van der Waals surface area contributed by atoms with Crippen molar-refractivity contribution in [3.05, 3.63) is 132 Å². The number of halogens is 1. The first-order valence-electron chi connectivity index (χ1n) is 17.9. The Morgan fingerprint density at radius 3 is 2.10 bits per heavy atom. The summed E-state index contributed by atoms with van der Waals surface area (Å²) in [6, 6.07) is 29.7. The van der Waals surface area contributed by atoms with Crippen LogP contribution in [0.4, 0.5) is 4.39 Å². The SMILES string of the molecule is Cc1cc(CCC(C)(C)C)c(-c2cnn(-c3cccc(Oc4ccc5c6ccccc6n(-c6cc(F)ccn6)c5c4)c3)c2)c(CCC(C)(C)C)c1. The van der Waals surface area contributed by atoms with Gasteiger partial charge in [0.15, 0.2) is 0 Å². The van der Waals surface area contributed by atoms with Gasteiger partial charge in [0.25, 0.3) is 0 Å². The molecule has 7 aromatic rings. The van der Waals surface area contributed by atoms with Crippen molar-refractivity contribution in [3.8, 4) is 34.1 Å². The lowest BCUT2D eigenvalue weighted by molar-refractivity contribution is 0.376. The standard InChI is InChI=1S/C45H47FN4O/c1-30-23-31(17-20-44(2,3)4)43(32(24-30)18-21-45(5,6)7)33-28-48-49(29-33)35-11-10-12-36(26-35)51-37-15-16-39-38-13-8-9-14-40(38)50(41(39)27-37)42-25-34(46)19-22-47-42/h8-16,19,22-29H,17-18,20-21H2,1-7H3. The van der Waals surface area contributed by atoms with E-state index in [1.54, 1.807) is 0 Å². The Morgan fingerprint density at radius 1 is 0.706 bits per heavy atom. The number of nitrogens with zero attached hydrogens (tertiary/aromatic N) is 4. The van der Waals surface area contributed by atoms with Crippen LogP contribution in [-0.4, -0.2) is 19.3 Å². The maximum absolute atomic E-state index is 14.3. The lowest BCUT2D eigenvalue weighted by atomic mass is 9.82. The molecule has 0 aliphatic carbocycles. The summed E-state index contributed by atoms with van der Waals surface area (Å²) < 4.78 is 24.7. The first-order chi connectivity index (χ1) is 24.3. The number of aryl methyl sites for hydroxylation is 3. The first kappa shape index (κ1) is 34.2. The smallest absolute Gasteiger partial charge is 0.140 e. The van der Waals surface area contributed by atoms with Gasteiger partial charge in [0.05, 0.1) is 22.9 Å². The highest BCUT2D eigenvalue weighted by atomic mass is 19.1. The van der Waals surface area contributed by atoms with Gasteiger partial charge in [-0.25, -0.2) is 14.1 Å². The lowest BCUT2D eigenvalue weighted by Gasteiger charge is -2.23. The average molecular weight is 679 g/mol. The van der Waals surface area contributed by atoms with Gasteiger partial charge in [0, 0.05) is 46.9 Å². The number of benzene rings is 4. The third-order valence-electron chi connectivity index (χ3n) is 9.51. The zero-order valence-electron chi connectivity index (χ0n) is 30.8. The molecule has 260 valence electrons. The Bertz CT molecular complexity index is 2310. The molecule has 0 saturated carbocycles. The second kappa shape index (κ2) is 13.5. The van der Waals surface area contributed by atoms with E-state index in [1.807, 2.05) is 64.0 Å². The predicted octanol–water partition coefficient (Wildman–Crippen LogP) is 12.2. The van der Waals surface area contributed by atoms with Gasteiger partial charge in [-0.05, 0) is 96.5 Å². The molecule has 0 aliphatic rings. The molecule has 0 bridgehead atoms. The third-order valence-corrected chi connectivity index (χ3v) is 9.51. The fourth-order valence-electron chi connectivity index (χ4n) is 6.92. The molecule has 0 fully saturated rings. The molecule has 4 aromatic carbocycles. The van der Waals surface area contributed by atoms with E-state index in [4.69, 9.17) is 9.84 Å². The summed E-state index contributed by atoms with van der Waals surface area (Å²) in [6.45, 7) is 16.1. The molecular weight excluding hydrogens is 632 g/mol. The van der Waals surface area contributed by atoms with E-state index in [9.17, 15) is 4.39 Å². The highest BCUT2D eigenvalue weighted by Gasteiger charge is 2.20. The molecule has 0 unspecified atom stereocenters. The van der Waals surface area contributed by atoms with Crippen molar-refractivity contribution in [2.24, 2.45) is 10.8 Å². The number of ether oxygens (including phenoxy) is 1. The number of hydrogen-bond donors (Lipinski definition) is 0. The topological polar surface area (TPSA) is 44.9 Å². The fourth-order valence-corrected chi connectivity index (χ4v) is 6.92. The van der Waals surface area contributed by atoms with Gasteiger partial charge in [-0.3, -0.25) is 4.57 Å². The number of aromatic nitrogens is 4. The molecule has 6 heteroatoms. The molecule has 0 atom stereocenters. The molecular formula is C45H47FN4O. The highest BCUT2D eigenvalue weighted by molar-refractivity contribution is 6.09. The third kappa shape index (κ3) is 7.61. The Labute approximate surface area is 300 Å². The second-order valence-electron chi connectivity index (χ2n) is 16.2. The Hall–Kier alpha value is -5.23. The number of para-hydroxylation sites is 1. The summed E-state index contributed by atoms with van der Waals surface area (Å²) in [5.74, 6) is 1.56. The molecule has 0 aliphatic heterocycles. The largest absolute Gasteiger partial charge is 0.457 e. The Kier molecular flexibility index (Phi) is 9.05. The van der Waals surface area contributed by atoms with Crippen LogP contribution >= 0.6 is 0 Å². The van der Waals surface area contributed by atoms with Crippen molar-refractivity contribution in [3.63, 3.8) is 0 Å². The molecule has 3 aromatic heterocycles. The number of hydrogen-bond acceptors (Lipinski definition) is 3. The van der Waals surface area contributed by atoms with E-state index in [-0.39, 0.29) is 16.6 Å². The van der Waals surface area contributed by atoms with Crippen molar-refractivity contribution in [2.75, 3.05) is 0 Å². The molecule has 7 rings (SSSR count). The van der Waals surface area contributed by atoms with Crippen molar-refractivity contribution < 1.29 is 9.13 Å². The van der Waals surface area contributed by atoms with Crippen LogP contribution in [0.2, 0.25) is 0 Å². The van der Waals surface area contributed by atoms with Gasteiger partial charge < -0.3 is 4.74 Å². The van der Waals surface area contributed by atoms with Gasteiger partial charge in [0.2, 0.25) is 0 Å². The summed E-state index contributed by atoms with van der Waals surface area (Å²) in [6.07, 6.45) is 9.93. The van der Waals surface area contributed by atoms with Crippen LogP contribution in [0.15, 0.2) is 110 Å². The Morgan fingerprint density at radius 2 is 1.39 bits per heavy atom. The van der Waals surface area contributed by atoms with E-state index in [1.165, 1.54) is 40.6 Å². The van der Waals surface area contributed by atoms with Crippen LogP contribution in [0.1, 0.15) is 71.1 Å². The van der Waals surface area contributed by atoms with Crippen LogP contribution in [0.3, 0.4) is 0 Å². The quantitative estimate of drug-likeness (QED) is 0.153. The maximum Gasteiger partial charge on any atom is 0.140 e. The Balaban J connectivity index is 1.22.